The highest BCUT2D eigenvalue weighted by atomic mass is 32.2. The molecule has 1 aromatic heterocycles. The zero-order valence-corrected chi connectivity index (χ0v) is 8.88. The molecule has 0 unspecified atom stereocenters. The second-order valence-corrected chi connectivity index (χ2v) is 3.83. The monoisotopic (exact) mass is 214 g/mol. The normalized spacial score (nSPS) is 10.1. The first-order chi connectivity index (χ1) is 6.70. The summed E-state index contributed by atoms with van der Waals surface area (Å²) in [6.07, 6.45) is 1.46. The fourth-order valence-electron chi connectivity index (χ4n) is 0.869. The van der Waals surface area contributed by atoms with Gasteiger partial charge in [0.15, 0.2) is 12.4 Å². The molecular formula is C8H14N4OS. The van der Waals surface area contributed by atoms with Crippen molar-refractivity contribution in [1.82, 2.24) is 4.98 Å². The molecule has 0 saturated carbocycles. The zero-order valence-electron chi connectivity index (χ0n) is 8.06. The maximum Gasteiger partial charge on any atom is 0.185 e. The van der Waals surface area contributed by atoms with E-state index in [1.54, 1.807) is 11.8 Å². The molecule has 0 aliphatic heterocycles. The highest BCUT2D eigenvalue weighted by Gasteiger charge is 2.02. The maximum absolute atomic E-state index is 5.18. The molecule has 0 aliphatic rings. The Morgan fingerprint density at radius 3 is 3.00 bits per heavy atom. The Kier molecular flexibility index (Phi) is 4.31. The molecule has 0 saturated heterocycles. The zero-order chi connectivity index (χ0) is 10.4. The molecule has 1 rings (SSSR count). The van der Waals surface area contributed by atoms with E-state index in [4.69, 9.17) is 15.9 Å². The summed E-state index contributed by atoms with van der Waals surface area (Å²) in [5.41, 5.74) is 11.3. The molecule has 1 heterocycles. The summed E-state index contributed by atoms with van der Waals surface area (Å²) in [6.45, 7) is 2.57. The fourth-order valence-corrected chi connectivity index (χ4v) is 1.70. The largest absolute Gasteiger partial charge is 0.447 e. The van der Waals surface area contributed by atoms with Crippen LogP contribution in [0.15, 0.2) is 15.8 Å². The quantitative estimate of drug-likeness (QED) is 0.423. The Hall–Kier alpha value is -1.17. The van der Waals surface area contributed by atoms with Crippen molar-refractivity contribution in [2.24, 2.45) is 16.5 Å². The predicted molar refractivity (Wildman–Crippen MR) is 58.1 cm³/mol. The van der Waals surface area contributed by atoms with Crippen LogP contribution in [0.3, 0.4) is 0 Å². The van der Waals surface area contributed by atoms with Crippen LogP contribution in [0.25, 0.3) is 0 Å². The summed E-state index contributed by atoms with van der Waals surface area (Å²) in [5.74, 6) is 2.74. The topological polar surface area (TPSA) is 90.4 Å². The Labute approximate surface area is 87.0 Å². The van der Waals surface area contributed by atoms with Gasteiger partial charge < -0.3 is 15.9 Å². The number of hydrogen-bond donors (Lipinski definition) is 2. The number of hydrogen-bond acceptors (Lipinski definition) is 4. The molecule has 1 aromatic rings. The molecule has 0 radical (unpaired) electrons. The van der Waals surface area contributed by atoms with E-state index in [1.807, 2.05) is 6.92 Å². The van der Waals surface area contributed by atoms with E-state index in [9.17, 15) is 0 Å². The maximum atomic E-state index is 5.18. The van der Waals surface area contributed by atoms with Crippen LogP contribution in [0.1, 0.15) is 11.5 Å². The summed E-state index contributed by atoms with van der Waals surface area (Å²) in [5, 5.41) is 0. The van der Waals surface area contributed by atoms with Gasteiger partial charge in [0, 0.05) is 5.75 Å². The van der Waals surface area contributed by atoms with Gasteiger partial charge in [0.25, 0.3) is 0 Å². The molecule has 0 bridgehead atoms. The molecule has 0 atom stereocenters. The predicted octanol–water partition coefficient (Wildman–Crippen LogP) is 0.490. The third-order valence-electron chi connectivity index (χ3n) is 1.61. The fraction of sp³-hybridized carbons (Fsp3) is 0.500. The second kappa shape index (κ2) is 5.54. The molecule has 5 nitrogen and oxygen atoms in total. The standard InChI is InChI=1S/C8H14N4OS/c1-6-7(13-5-12-6)4-14-3-2-11-8(9)10/h5H,2-4H2,1H3,(H4,9,10,11). The Morgan fingerprint density at radius 2 is 2.43 bits per heavy atom. The lowest BCUT2D eigenvalue weighted by Crippen LogP contribution is -2.23. The van der Waals surface area contributed by atoms with E-state index in [0.717, 1.165) is 23.0 Å². The molecule has 0 fully saturated rings. The number of aryl methyl sites for hydroxylation is 1. The van der Waals surface area contributed by atoms with E-state index in [1.165, 1.54) is 6.39 Å². The van der Waals surface area contributed by atoms with Crippen LogP contribution >= 0.6 is 11.8 Å². The van der Waals surface area contributed by atoms with Gasteiger partial charge in [-0.15, -0.1) is 0 Å². The van der Waals surface area contributed by atoms with Gasteiger partial charge in [0.2, 0.25) is 0 Å². The van der Waals surface area contributed by atoms with E-state index in [2.05, 4.69) is 9.98 Å². The molecule has 6 heteroatoms. The van der Waals surface area contributed by atoms with Crippen molar-refractivity contribution >= 4 is 17.7 Å². The smallest absolute Gasteiger partial charge is 0.185 e. The number of guanidine groups is 1. The van der Waals surface area contributed by atoms with Crippen LogP contribution in [0.2, 0.25) is 0 Å². The summed E-state index contributed by atoms with van der Waals surface area (Å²) >= 11 is 1.72. The van der Waals surface area contributed by atoms with Crippen molar-refractivity contribution in [2.45, 2.75) is 12.7 Å². The number of rotatable bonds is 5. The molecule has 0 spiro atoms. The summed E-state index contributed by atoms with van der Waals surface area (Å²) < 4.78 is 5.17. The van der Waals surface area contributed by atoms with Crippen molar-refractivity contribution in [2.75, 3.05) is 12.3 Å². The lowest BCUT2D eigenvalue weighted by molar-refractivity contribution is 0.522. The lowest BCUT2D eigenvalue weighted by Gasteiger charge is -1.97. The average molecular weight is 214 g/mol. The molecule has 0 amide bonds. The number of oxazole rings is 1. The van der Waals surface area contributed by atoms with Gasteiger partial charge in [-0.05, 0) is 6.92 Å². The number of nitrogens with zero attached hydrogens (tertiary/aromatic N) is 2. The Balaban J connectivity index is 2.16. The van der Waals surface area contributed by atoms with Crippen molar-refractivity contribution < 1.29 is 4.42 Å². The first-order valence-corrected chi connectivity index (χ1v) is 5.37. The highest BCUT2D eigenvalue weighted by Crippen LogP contribution is 2.14. The Morgan fingerprint density at radius 1 is 1.64 bits per heavy atom. The van der Waals surface area contributed by atoms with Crippen LogP contribution in [0.5, 0.6) is 0 Å². The van der Waals surface area contributed by atoms with Gasteiger partial charge in [-0.3, -0.25) is 4.99 Å². The molecular weight excluding hydrogens is 200 g/mol. The molecule has 4 N–H and O–H groups in total. The highest BCUT2D eigenvalue weighted by molar-refractivity contribution is 7.98. The van der Waals surface area contributed by atoms with E-state index in [-0.39, 0.29) is 5.96 Å². The first-order valence-electron chi connectivity index (χ1n) is 4.22. The van der Waals surface area contributed by atoms with Crippen molar-refractivity contribution in [3.05, 3.63) is 17.8 Å². The third-order valence-corrected chi connectivity index (χ3v) is 2.55. The van der Waals surface area contributed by atoms with Gasteiger partial charge in [0.1, 0.15) is 5.76 Å². The summed E-state index contributed by atoms with van der Waals surface area (Å²) in [6, 6.07) is 0. The minimum absolute atomic E-state index is 0.140. The number of thioether (sulfide) groups is 1. The summed E-state index contributed by atoms with van der Waals surface area (Å²) in [4.78, 5) is 7.87. The van der Waals surface area contributed by atoms with E-state index < -0.39 is 0 Å². The van der Waals surface area contributed by atoms with Crippen molar-refractivity contribution in [1.29, 1.82) is 0 Å². The van der Waals surface area contributed by atoms with Gasteiger partial charge in [-0.1, -0.05) is 0 Å². The van der Waals surface area contributed by atoms with E-state index >= 15 is 0 Å². The second-order valence-electron chi connectivity index (χ2n) is 2.72. The number of aromatic nitrogens is 1. The van der Waals surface area contributed by atoms with Gasteiger partial charge in [-0.25, -0.2) is 4.98 Å². The molecule has 0 aliphatic carbocycles. The van der Waals surface area contributed by atoms with Crippen LogP contribution in [-0.4, -0.2) is 23.2 Å². The van der Waals surface area contributed by atoms with Gasteiger partial charge in [0.05, 0.1) is 18.0 Å². The third kappa shape index (κ3) is 3.69. The molecule has 14 heavy (non-hydrogen) atoms. The average Bonchev–Trinajstić information content (AvgIpc) is 2.51. The van der Waals surface area contributed by atoms with Crippen LogP contribution in [0.4, 0.5) is 0 Å². The minimum atomic E-state index is 0.140. The molecule has 0 aromatic carbocycles. The van der Waals surface area contributed by atoms with E-state index in [0.29, 0.717) is 6.54 Å². The van der Waals surface area contributed by atoms with Crippen LogP contribution < -0.4 is 11.5 Å². The van der Waals surface area contributed by atoms with Gasteiger partial charge in [-0.2, -0.15) is 11.8 Å². The van der Waals surface area contributed by atoms with Crippen LogP contribution in [0, 0.1) is 6.92 Å². The SMILES string of the molecule is Cc1ncoc1CSCCN=C(N)N. The van der Waals surface area contributed by atoms with Crippen LogP contribution in [-0.2, 0) is 5.75 Å². The lowest BCUT2D eigenvalue weighted by atomic mass is 10.4. The van der Waals surface area contributed by atoms with Crippen molar-refractivity contribution in [3.8, 4) is 0 Å². The minimum Gasteiger partial charge on any atom is -0.447 e. The summed E-state index contributed by atoms with van der Waals surface area (Å²) in [7, 11) is 0. The van der Waals surface area contributed by atoms with Gasteiger partial charge >= 0.3 is 0 Å². The Bertz CT molecular complexity index is 306. The molecule has 78 valence electrons. The number of nitrogens with two attached hydrogens (primary N) is 2. The first kappa shape index (κ1) is 10.9. The number of aliphatic imine (C=N–C) groups is 1. The van der Waals surface area contributed by atoms with Crippen molar-refractivity contribution in [3.63, 3.8) is 0 Å².